The molecule has 0 bridgehead atoms. The Morgan fingerprint density at radius 3 is 2.69 bits per heavy atom. The van der Waals surface area contributed by atoms with Crippen LogP contribution < -0.4 is 5.32 Å². The van der Waals surface area contributed by atoms with Gasteiger partial charge in [0.05, 0.1) is 11.2 Å². The van der Waals surface area contributed by atoms with E-state index in [-0.39, 0.29) is 11.8 Å². The minimum atomic E-state index is -0.0641. The second-order valence-electron chi connectivity index (χ2n) is 6.23. The van der Waals surface area contributed by atoms with Gasteiger partial charge in [-0.2, -0.15) is 0 Å². The summed E-state index contributed by atoms with van der Waals surface area (Å²) in [6, 6.07) is 18.5. The Balaban J connectivity index is 1.66. The van der Waals surface area contributed by atoms with Crippen LogP contribution in [-0.4, -0.2) is 22.4 Å². The molecule has 0 saturated heterocycles. The van der Waals surface area contributed by atoms with E-state index in [9.17, 15) is 4.79 Å². The third-order valence-electron chi connectivity index (χ3n) is 4.62. The van der Waals surface area contributed by atoms with Gasteiger partial charge in [0.25, 0.3) is 5.91 Å². The van der Waals surface area contributed by atoms with Crippen molar-refractivity contribution in [3.63, 3.8) is 0 Å². The van der Waals surface area contributed by atoms with Crippen molar-refractivity contribution in [2.24, 2.45) is 0 Å². The number of hydrogen-bond acceptors (Lipinski definition) is 3. The third-order valence-corrected chi connectivity index (χ3v) is 5.54. The lowest BCUT2D eigenvalue weighted by molar-refractivity contribution is 0.0955. The standard InChI is InChI=1S/C21H19N3OS/c1-14-20(26-13-24-14)21(25)23-11-17(15-7-3-2-4-8-15)18-12-22-19-10-6-5-9-16(18)19/h2-10,12-13,17,22H,11H2,1H3,(H,23,25). The number of rotatable bonds is 5. The second-order valence-corrected chi connectivity index (χ2v) is 7.08. The van der Waals surface area contributed by atoms with Crippen LogP contribution in [0.4, 0.5) is 0 Å². The zero-order chi connectivity index (χ0) is 17.9. The van der Waals surface area contributed by atoms with E-state index in [0.29, 0.717) is 11.4 Å². The van der Waals surface area contributed by atoms with Gasteiger partial charge < -0.3 is 10.3 Å². The molecule has 26 heavy (non-hydrogen) atoms. The maximum absolute atomic E-state index is 12.5. The lowest BCUT2D eigenvalue weighted by Crippen LogP contribution is -2.28. The molecule has 2 heterocycles. The molecule has 4 rings (SSSR count). The van der Waals surface area contributed by atoms with Crippen molar-refractivity contribution >= 4 is 28.1 Å². The number of hydrogen-bond donors (Lipinski definition) is 2. The van der Waals surface area contributed by atoms with Gasteiger partial charge in [0.2, 0.25) is 0 Å². The summed E-state index contributed by atoms with van der Waals surface area (Å²) in [5.74, 6) is 0.00954. The number of amides is 1. The van der Waals surface area contributed by atoms with Crippen LogP contribution in [0.5, 0.6) is 0 Å². The molecule has 1 unspecified atom stereocenters. The fraction of sp³-hybridized carbons (Fsp3) is 0.143. The maximum Gasteiger partial charge on any atom is 0.263 e. The third kappa shape index (κ3) is 3.13. The van der Waals surface area contributed by atoms with Gasteiger partial charge >= 0.3 is 0 Å². The van der Waals surface area contributed by atoms with Crippen molar-refractivity contribution in [2.45, 2.75) is 12.8 Å². The average molecular weight is 361 g/mol. The number of carbonyl (C=O) groups excluding carboxylic acids is 1. The molecule has 0 saturated carbocycles. The molecule has 0 radical (unpaired) electrons. The lowest BCUT2D eigenvalue weighted by atomic mass is 9.91. The van der Waals surface area contributed by atoms with Crippen molar-refractivity contribution in [3.05, 3.63) is 88.0 Å². The SMILES string of the molecule is Cc1ncsc1C(=O)NCC(c1ccccc1)c1c[nH]c2ccccc12. The molecule has 4 aromatic rings. The molecule has 1 amide bonds. The Hall–Kier alpha value is -2.92. The van der Waals surface area contributed by atoms with Crippen LogP contribution in [0.3, 0.4) is 0 Å². The summed E-state index contributed by atoms with van der Waals surface area (Å²) in [5, 5.41) is 4.28. The van der Waals surface area contributed by atoms with Crippen molar-refractivity contribution in [1.82, 2.24) is 15.3 Å². The molecule has 5 heteroatoms. The first-order chi connectivity index (χ1) is 12.7. The predicted molar refractivity (Wildman–Crippen MR) is 106 cm³/mol. The molecule has 2 N–H and O–H groups in total. The number of nitrogens with one attached hydrogen (secondary N) is 2. The zero-order valence-corrected chi connectivity index (χ0v) is 15.2. The molecule has 0 aliphatic carbocycles. The Bertz CT molecular complexity index is 1040. The number of aromatic amines is 1. The summed E-state index contributed by atoms with van der Waals surface area (Å²) in [4.78, 5) is 20.7. The largest absolute Gasteiger partial charge is 0.361 e. The molecule has 130 valence electrons. The van der Waals surface area contributed by atoms with Gasteiger partial charge in [0.15, 0.2) is 0 Å². The van der Waals surface area contributed by atoms with Gasteiger partial charge in [-0.25, -0.2) is 4.98 Å². The van der Waals surface area contributed by atoms with Crippen molar-refractivity contribution in [1.29, 1.82) is 0 Å². The number of nitrogens with zero attached hydrogens (tertiary/aromatic N) is 1. The highest BCUT2D eigenvalue weighted by Gasteiger charge is 2.20. The Morgan fingerprint density at radius 2 is 1.92 bits per heavy atom. The second kappa shape index (κ2) is 7.14. The van der Waals surface area contributed by atoms with Crippen LogP contribution in [-0.2, 0) is 0 Å². The quantitative estimate of drug-likeness (QED) is 0.550. The summed E-state index contributed by atoms with van der Waals surface area (Å²) in [5.41, 5.74) is 5.95. The van der Waals surface area contributed by atoms with Crippen molar-refractivity contribution in [2.75, 3.05) is 6.54 Å². The molecule has 0 fully saturated rings. The molecule has 4 nitrogen and oxygen atoms in total. The highest BCUT2D eigenvalue weighted by Crippen LogP contribution is 2.30. The van der Waals surface area contributed by atoms with Gasteiger partial charge in [0.1, 0.15) is 4.88 Å². The van der Waals surface area contributed by atoms with E-state index in [4.69, 9.17) is 0 Å². The maximum atomic E-state index is 12.5. The number of H-pyrrole nitrogens is 1. The summed E-state index contributed by atoms with van der Waals surface area (Å²) in [6.07, 6.45) is 2.05. The number of thiazole rings is 1. The minimum absolute atomic E-state index is 0.0641. The monoisotopic (exact) mass is 361 g/mol. The molecule has 0 spiro atoms. The molecular formula is C21H19N3OS. The van der Waals surface area contributed by atoms with Gasteiger partial charge in [-0.1, -0.05) is 48.5 Å². The smallest absolute Gasteiger partial charge is 0.263 e. The Morgan fingerprint density at radius 1 is 1.15 bits per heavy atom. The Labute approximate surface area is 155 Å². The number of fused-ring (bicyclic) bond motifs is 1. The molecule has 1 atom stereocenters. The fourth-order valence-electron chi connectivity index (χ4n) is 3.27. The van der Waals surface area contributed by atoms with Crippen molar-refractivity contribution < 1.29 is 4.79 Å². The van der Waals surface area contributed by atoms with E-state index in [1.807, 2.05) is 43.5 Å². The number of aromatic nitrogens is 2. The summed E-state index contributed by atoms with van der Waals surface area (Å²) >= 11 is 1.38. The number of carbonyl (C=O) groups is 1. The minimum Gasteiger partial charge on any atom is -0.361 e. The van der Waals surface area contributed by atoms with Crippen LogP contribution >= 0.6 is 11.3 Å². The lowest BCUT2D eigenvalue weighted by Gasteiger charge is -2.18. The van der Waals surface area contributed by atoms with Gasteiger partial charge in [-0.05, 0) is 24.1 Å². The highest BCUT2D eigenvalue weighted by atomic mass is 32.1. The highest BCUT2D eigenvalue weighted by molar-refractivity contribution is 7.11. The van der Waals surface area contributed by atoms with Crippen LogP contribution in [0.25, 0.3) is 10.9 Å². The fourth-order valence-corrected chi connectivity index (χ4v) is 3.99. The molecular weight excluding hydrogens is 342 g/mol. The first-order valence-electron chi connectivity index (χ1n) is 8.53. The first-order valence-corrected chi connectivity index (χ1v) is 9.41. The first kappa shape index (κ1) is 16.5. The number of para-hydroxylation sites is 1. The number of benzene rings is 2. The van der Waals surface area contributed by atoms with Crippen molar-refractivity contribution in [3.8, 4) is 0 Å². The summed E-state index contributed by atoms with van der Waals surface area (Å²) in [6.45, 7) is 2.39. The van der Waals surface area contributed by atoms with Crippen LogP contribution in [0.15, 0.2) is 66.3 Å². The average Bonchev–Trinajstić information content (AvgIpc) is 3.29. The van der Waals surface area contributed by atoms with Gasteiger partial charge in [-0.15, -0.1) is 11.3 Å². The van der Waals surface area contributed by atoms with Crippen LogP contribution in [0.2, 0.25) is 0 Å². The van der Waals surface area contributed by atoms with Gasteiger partial charge in [-0.3, -0.25) is 4.79 Å². The van der Waals surface area contributed by atoms with E-state index in [0.717, 1.165) is 11.2 Å². The van der Waals surface area contributed by atoms with E-state index in [1.54, 1.807) is 5.51 Å². The summed E-state index contributed by atoms with van der Waals surface area (Å²) in [7, 11) is 0. The van der Waals surface area contributed by atoms with E-state index >= 15 is 0 Å². The molecule has 0 aliphatic rings. The molecule has 2 aromatic carbocycles. The topological polar surface area (TPSA) is 57.8 Å². The van der Waals surface area contributed by atoms with E-state index in [1.165, 1.54) is 27.8 Å². The molecule has 2 aromatic heterocycles. The Kier molecular flexibility index (Phi) is 4.54. The van der Waals surface area contributed by atoms with E-state index in [2.05, 4.69) is 39.6 Å². The predicted octanol–water partition coefficient (Wildman–Crippen LogP) is 4.49. The van der Waals surface area contributed by atoms with Crippen LogP contribution in [0, 0.1) is 6.92 Å². The van der Waals surface area contributed by atoms with Crippen LogP contribution in [0.1, 0.15) is 32.4 Å². The normalized spacial score (nSPS) is 12.2. The van der Waals surface area contributed by atoms with E-state index < -0.39 is 0 Å². The molecule has 0 aliphatic heterocycles. The summed E-state index contributed by atoms with van der Waals surface area (Å²) < 4.78 is 0. The number of aryl methyl sites for hydroxylation is 1. The zero-order valence-electron chi connectivity index (χ0n) is 14.4. The van der Waals surface area contributed by atoms with Gasteiger partial charge in [0, 0.05) is 29.6 Å².